The summed E-state index contributed by atoms with van der Waals surface area (Å²) < 4.78 is 5.69. The van der Waals surface area contributed by atoms with E-state index in [1.54, 1.807) is 13.8 Å². The van der Waals surface area contributed by atoms with Crippen LogP contribution in [0, 0.1) is 0 Å². The molecular weight excluding hydrogens is 494 g/mol. The second-order valence-corrected chi connectivity index (χ2v) is 9.96. The van der Waals surface area contributed by atoms with Gasteiger partial charge in [-0.3, -0.25) is 15.0 Å². The highest BCUT2D eigenvalue weighted by molar-refractivity contribution is 5.83. The van der Waals surface area contributed by atoms with Crippen molar-refractivity contribution in [2.45, 2.75) is 45.4 Å². The predicted octanol–water partition coefficient (Wildman–Crippen LogP) is 3.63. The Bertz CT molecular complexity index is 1350. The number of aromatic nitrogens is 4. The van der Waals surface area contributed by atoms with Crippen molar-refractivity contribution in [2.24, 2.45) is 5.73 Å². The molecule has 10 nitrogen and oxygen atoms in total. The first-order valence-corrected chi connectivity index (χ1v) is 12.7. The number of ether oxygens (including phenoxy) is 1. The maximum absolute atomic E-state index is 13.1. The van der Waals surface area contributed by atoms with E-state index in [-0.39, 0.29) is 37.8 Å². The molecule has 2 amide bonds. The summed E-state index contributed by atoms with van der Waals surface area (Å²) in [4.78, 5) is 25.7. The number of aromatic amines is 1. The fourth-order valence-corrected chi connectivity index (χ4v) is 4.04. The van der Waals surface area contributed by atoms with E-state index in [4.69, 9.17) is 10.5 Å². The molecule has 0 radical (unpaired) electrons. The van der Waals surface area contributed by atoms with Gasteiger partial charge in [-0.1, -0.05) is 78.9 Å². The second kappa shape index (κ2) is 12.9. The largest absolute Gasteiger partial charge is 0.376 e. The van der Waals surface area contributed by atoms with Crippen LogP contribution in [0.4, 0.5) is 0 Å². The summed E-state index contributed by atoms with van der Waals surface area (Å²) in [5.41, 5.74) is 12.7. The molecule has 0 bridgehead atoms. The van der Waals surface area contributed by atoms with Crippen LogP contribution in [0.1, 0.15) is 37.8 Å². The molecule has 3 aromatic carbocycles. The zero-order valence-corrected chi connectivity index (χ0v) is 22.1. The predicted molar refractivity (Wildman–Crippen MR) is 147 cm³/mol. The van der Waals surface area contributed by atoms with Crippen molar-refractivity contribution in [3.63, 3.8) is 0 Å². The number of hydrogen-bond acceptors (Lipinski definition) is 7. The summed E-state index contributed by atoms with van der Waals surface area (Å²) in [7, 11) is 0. The first kappa shape index (κ1) is 27.6. The van der Waals surface area contributed by atoms with Gasteiger partial charge in [-0.25, -0.2) is 10.1 Å². The standard InChI is InChI=1S/C29H33N7O3/c1-29(2,30)18-26(37)33-36(27(38)16-17-39-20-22-8-4-3-5-9-22)19-21-12-14-23(15-13-21)24-10-6-7-11-25(24)28-31-34-35-32-28/h3-15H,16-20,30H2,1-2H3,(H,33,37)(H,31,32,34,35). The molecule has 4 aromatic rings. The molecule has 0 spiro atoms. The van der Waals surface area contributed by atoms with Crippen molar-refractivity contribution in [1.29, 1.82) is 0 Å². The highest BCUT2D eigenvalue weighted by atomic mass is 16.5. The number of tetrazole rings is 1. The lowest BCUT2D eigenvalue weighted by atomic mass is 9.98. The quantitative estimate of drug-likeness (QED) is 0.200. The van der Waals surface area contributed by atoms with Crippen LogP contribution in [0.25, 0.3) is 22.5 Å². The SMILES string of the molecule is CC(C)(N)CC(=O)NN(Cc1ccc(-c2ccccc2-c2nnn[nH]2)cc1)C(=O)CCOCc1ccccc1. The van der Waals surface area contributed by atoms with Crippen molar-refractivity contribution in [3.8, 4) is 22.5 Å². The summed E-state index contributed by atoms with van der Waals surface area (Å²) >= 11 is 0. The molecule has 0 saturated heterocycles. The van der Waals surface area contributed by atoms with Crippen LogP contribution >= 0.6 is 0 Å². The molecule has 1 heterocycles. The zero-order valence-electron chi connectivity index (χ0n) is 22.1. The minimum atomic E-state index is -0.703. The maximum Gasteiger partial charge on any atom is 0.243 e. The van der Waals surface area contributed by atoms with Gasteiger partial charge in [-0.15, -0.1) is 5.10 Å². The lowest BCUT2D eigenvalue weighted by molar-refractivity contribution is -0.143. The number of hydrogen-bond donors (Lipinski definition) is 3. The molecule has 0 aliphatic carbocycles. The van der Waals surface area contributed by atoms with Crippen molar-refractivity contribution in [2.75, 3.05) is 6.61 Å². The average molecular weight is 528 g/mol. The number of amides is 2. The Kier molecular flexibility index (Phi) is 9.14. The number of carbonyl (C=O) groups is 2. The van der Waals surface area contributed by atoms with Gasteiger partial charge in [-0.2, -0.15) is 0 Å². The fraction of sp³-hybridized carbons (Fsp3) is 0.276. The van der Waals surface area contributed by atoms with Crippen LogP contribution in [0.15, 0.2) is 78.9 Å². The van der Waals surface area contributed by atoms with E-state index in [1.807, 2.05) is 78.9 Å². The van der Waals surface area contributed by atoms with Gasteiger partial charge in [0.05, 0.1) is 26.2 Å². The Balaban J connectivity index is 1.44. The summed E-state index contributed by atoms with van der Waals surface area (Å²) in [6.45, 7) is 4.37. The first-order valence-electron chi connectivity index (χ1n) is 12.7. The van der Waals surface area contributed by atoms with Gasteiger partial charge in [0, 0.05) is 17.5 Å². The van der Waals surface area contributed by atoms with Crippen LogP contribution in [-0.4, -0.2) is 49.6 Å². The van der Waals surface area contributed by atoms with Gasteiger partial charge in [0.1, 0.15) is 0 Å². The number of nitrogens with zero attached hydrogens (tertiary/aromatic N) is 4. The summed E-state index contributed by atoms with van der Waals surface area (Å²) in [5.74, 6) is -0.00257. The number of carbonyl (C=O) groups excluding carboxylic acids is 2. The summed E-state index contributed by atoms with van der Waals surface area (Å²) in [6, 6.07) is 25.3. The van der Waals surface area contributed by atoms with Crippen LogP contribution in [0.5, 0.6) is 0 Å². The Morgan fingerprint density at radius 1 is 0.949 bits per heavy atom. The third-order valence-corrected chi connectivity index (χ3v) is 5.88. The van der Waals surface area contributed by atoms with E-state index in [9.17, 15) is 9.59 Å². The van der Waals surface area contributed by atoms with Crippen molar-refractivity contribution < 1.29 is 14.3 Å². The van der Waals surface area contributed by atoms with Gasteiger partial charge in [0.2, 0.25) is 11.8 Å². The Morgan fingerprint density at radius 3 is 2.31 bits per heavy atom. The molecule has 0 saturated carbocycles. The summed E-state index contributed by atoms with van der Waals surface area (Å²) in [5, 5.41) is 15.5. The molecule has 1 aromatic heterocycles. The van der Waals surface area contributed by atoms with Gasteiger partial charge in [0.15, 0.2) is 5.82 Å². The lowest BCUT2D eigenvalue weighted by Crippen LogP contribution is -2.49. The Hall–Kier alpha value is -4.41. The number of nitrogens with one attached hydrogen (secondary N) is 2. The molecule has 0 aliphatic rings. The van der Waals surface area contributed by atoms with Crippen LogP contribution in [-0.2, 0) is 27.5 Å². The molecule has 39 heavy (non-hydrogen) atoms. The molecule has 10 heteroatoms. The number of H-pyrrole nitrogens is 1. The van der Waals surface area contributed by atoms with E-state index in [1.165, 1.54) is 5.01 Å². The zero-order chi connectivity index (χ0) is 27.7. The van der Waals surface area contributed by atoms with Crippen molar-refractivity contribution in [1.82, 2.24) is 31.1 Å². The average Bonchev–Trinajstić information content (AvgIpc) is 3.46. The molecule has 0 aliphatic heterocycles. The topological polar surface area (TPSA) is 139 Å². The van der Waals surface area contributed by atoms with Gasteiger partial charge in [0.25, 0.3) is 0 Å². The molecule has 0 atom stereocenters. The number of benzene rings is 3. The highest BCUT2D eigenvalue weighted by Gasteiger charge is 2.21. The van der Waals surface area contributed by atoms with Crippen LogP contribution in [0.3, 0.4) is 0 Å². The molecule has 4 rings (SSSR count). The van der Waals surface area contributed by atoms with Crippen molar-refractivity contribution in [3.05, 3.63) is 90.0 Å². The third kappa shape index (κ3) is 8.29. The molecule has 4 N–H and O–H groups in total. The van der Waals surface area contributed by atoms with E-state index < -0.39 is 5.54 Å². The smallest absolute Gasteiger partial charge is 0.243 e. The second-order valence-electron chi connectivity index (χ2n) is 9.96. The van der Waals surface area contributed by atoms with E-state index in [2.05, 4.69) is 26.0 Å². The molecule has 202 valence electrons. The number of nitrogens with two attached hydrogens (primary N) is 1. The lowest BCUT2D eigenvalue weighted by Gasteiger charge is -2.26. The Labute approximate surface area is 227 Å². The van der Waals surface area contributed by atoms with Gasteiger partial charge in [-0.05, 0) is 46.5 Å². The van der Waals surface area contributed by atoms with Gasteiger partial charge >= 0.3 is 0 Å². The number of rotatable bonds is 11. The van der Waals surface area contributed by atoms with E-state index in [0.29, 0.717) is 12.4 Å². The monoisotopic (exact) mass is 527 g/mol. The Morgan fingerprint density at radius 2 is 1.64 bits per heavy atom. The molecule has 0 unspecified atom stereocenters. The van der Waals surface area contributed by atoms with Crippen LogP contribution < -0.4 is 11.2 Å². The van der Waals surface area contributed by atoms with Crippen LogP contribution in [0.2, 0.25) is 0 Å². The normalized spacial score (nSPS) is 11.3. The fourth-order valence-electron chi connectivity index (χ4n) is 4.04. The number of hydrazine groups is 1. The molecule has 0 fully saturated rings. The first-order chi connectivity index (χ1) is 18.8. The summed E-state index contributed by atoms with van der Waals surface area (Å²) in [6.07, 6.45) is 0.198. The van der Waals surface area contributed by atoms with Gasteiger partial charge < -0.3 is 10.5 Å². The van der Waals surface area contributed by atoms with E-state index >= 15 is 0 Å². The highest BCUT2D eigenvalue weighted by Crippen LogP contribution is 2.29. The van der Waals surface area contributed by atoms with E-state index in [0.717, 1.165) is 27.8 Å². The maximum atomic E-state index is 13.1. The van der Waals surface area contributed by atoms with Crippen molar-refractivity contribution >= 4 is 11.8 Å². The third-order valence-electron chi connectivity index (χ3n) is 5.88. The minimum absolute atomic E-state index is 0.0769. The molecular formula is C29H33N7O3. The minimum Gasteiger partial charge on any atom is -0.376 e.